The molecule has 0 aliphatic heterocycles. The number of sulfone groups is 1. The third-order valence-electron chi connectivity index (χ3n) is 3.74. The molecule has 0 radical (unpaired) electrons. The molecule has 0 spiro atoms. The Labute approximate surface area is 143 Å². The zero-order chi connectivity index (χ0) is 18.8. The van der Waals surface area contributed by atoms with E-state index in [1.807, 2.05) is 0 Å². The molecule has 2 aromatic carbocycles. The molecule has 2 rings (SSSR count). The summed E-state index contributed by atoms with van der Waals surface area (Å²) in [4.78, 5) is 13.3. The highest BCUT2D eigenvalue weighted by molar-refractivity contribution is 7.92. The van der Waals surface area contributed by atoms with E-state index in [0.29, 0.717) is 5.56 Å². The van der Waals surface area contributed by atoms with Crippen LogP contribution in [0.4, 0.5) is 13.2 Å². The molecule has 0 N–H and O–H groups in total. The second-order valence-corrected chi connectivity index (χ2v) is 7.85. The first-order valence-corrected chi connectivity index (χ1v) is 8.86. The van der Waals surface area contributed by atoms with Crippen molar-refractivity contribution in [1.29, 1.82) is 0 Å². The summed E-state index contributed by atoms with van der Waals surface area (Å²) in [6.45, 7) is 1.14. The Morgan fingerprint density at radius 3 is 2.20 bits per heavy atom. The maximum absolute atomic E-state index is 13.2. The molecule has 8 heteroatoms. The molecule has 1 atom stereocenters. The number of carbonyl (C=O) groups excluding carboxylic acids is 1. The molecule has 0 aromatic heterocycles. The molecule has 0 heterocycles. The zero-order valence-electron chi connectivity index (χ0n) is 13.5. The Morgan fingerprint density at radius 2 is 1.64 bits per heavy atom. The van der Waals surface area contributed by atoms with Crippen molar-refractivity contribution in [2.45, 2.75) is 23.6 Å². The van der Waals surface area contributed by atoms with E-state index in [1.54, 1.807) is 0 Å². The molecule has 0 fully saturated rings. The van der Waals surface area contributed by atoms with E-state index < -0.39 is 38.4 Å². The van der Waals surface area contributed by atoms with Gasteiger partial charge < -0.3 is 4.90 Å². The number of hydrogen-bond donors (Lipinski definition) is 0. The Bertz CT molecular complexity index is 883. The third kappa shape index (κ3) is 4.19. The van der Waals surface area contributed by atoms with E-state index >= 15 is 0 Å². The van der Waals surface area contributed by atoms with Gasteiger partial charge in [0.1, 0.15) is 11.1 Å². The third-order valence-corrected chi connectivity index (χ3v) is 5.80. The first-order chi connectivity index (χ1) is 11.6. The molecule has 0 saturated carbocycles. The van der Waals surface area contributed by atoms with E-state index in [9.17, 15) is 26.4 Å². The monoisotopic (exact) mass is 371 g/mol. The lowest BCUT2D eigenvalue weighted by Crippen LogP contribution is -2.39. The fourth-order valence-corrected chi connectivity index (χ4v) is 3.63. The summed E-state index contributed by atoms with van der Waals surface area (Å²) in [5.74, 6) is -3.36. The predicted molar refractivity (Wildman–Crippen MR) is 85.9 cm³/mol. The van der Waals surface area contributed by atoms with Gasteiger partial charge in [-0.1, -0.05) is 6.07 Å². The van der Waals surface area contributed by atoms with Gasteiger partial charge in [0.25, 0.3) is 0 Å². The minimum Gasteiger partial charge on any atom is -0.340 e. The zero-order valence-corrected chi connectivity index (χ0v) is 14.4. The van der Waals surface area contributed by atoms with Gasteiger partial charge in [-0.2, -0.15) is 0 Å². The number of amides is 1. The van der Waals surface area contributed by atoms with Gasteiger partial charge in [0.2, 0.25) is 5.91 Å². The van der Waals surface area contributed by atoms with Crippen LogP contribution in [0.15, 0.2) is 47.4 Å². The molecule has 0 aliphatic carbocycles. The molecule has 1 amide bonds. The molecule has 0 saturated heterocycles. The minimum atomic E-state index is -4.00. The lowest BCUT2D eigenvalue weighted by atomic mass is 10.2. The minimum absolute atomic E-state index is 0.0840. The molecular formula is C17H16F3NO3S. The van der Waals surface area contributed by atoms with Gasteiger partial charge >= 0.3 is 0 Å². The summed E-state index contributed by atoms with van der Waals surface area (Å²) in [5, 5.41) is -1.41. The van der Waals surface area contributed by atoms with Gasteiger partial charge in [-0.05, 0) is 48.9 Å². The number of benzene rings is 2. The fraction of sp³-hybridized carbons (Fsp3) is 0.235. The van der Waals surface area contributed by atoms with Gasteiger partial charge in [0, 0.05) is 13.6 Å². The fourth-order valence-electron chi connectivity index (χ4n) is 2.26. The smallest absolute Gasteiger partial charge is 0.241 e. The SMILES string of the molecule is C[C@@H](C(=O)N(C)Cc1ccc(F)c(F)c1)S(=O)(=O)c1ccc(F)cc1. The summed E-state index contributed by atoms with van der Waals surface area (Å²) < 4.78 is 64.0. The standard InChI is InChI=1S/C17H16F3NO3S/c1-11(25(23,24)14-6-4-13(18)5-7-14)17(22)21(2)10-12-3-8-15(19)16(20)9-12/h3-9,11H,10H2,1-2H3/t11-/m0/s1. The second-order valence-electron chi connectivity index (χ2n) is 5.58. The Kier molecular flexibility index (Phi) is 5.52. The number of rotatable bonds is 5. The Hall–Kier alpha value is -2.35. The van der Waals surface area contributed by atoms with Crippen molar-refractivity contribution in [3.05, 3.63) is 65.5 Å². The van der Waals surface area contributed by atoms with E-state index in [4.69, 9.17) is 0 Å². The van der Waals surface area contributed by atoms with Crippen molar-refractivity contribution < 1.29 is 26.4 Å². The molecule has 2 aromatic rings. The van der Waals surface area contributed by atoms with Crippen LogP contribution in [0.25, 0.3) is 0 Å². The summed E-state index contributed by atoms with van der Waals surface area (Å²) in [6, 6.07) is 7.35. The topological polar surface area (TPSA) is 54.5 Å². The van der Waals surface area contributed by atoms with Gasteiger partial charge in [-0.15, -0.1) is 0 Å². The number of carbonyl (C=O) groups is 1. The molecule has 0 unspecified atom stereocenters. The highest BCUT2D eigenvalue weighted by Gasteiger charge is 2.31. The van der Waals surface area contributed by atoms with Crippen LogP contribution >= 0.6 is 0 Å². The lowest BCUT2D eigenvalue weighted by Gasteiger charge is -2.21. The van der Waals surface area contributed by atoms with Gasteiger partial charge in [0.05, 0.1) is 4.90 Å². The normalized spacial score (nSPS) is 12.7. The maximum atomic E-state index is 13.2. The van der Waals surface area contributed by atoms with Gasteiger partial charge in [0.15, 0.2) is 21.5 Å². The van der Waals surface area contributed by atoms with E-state index in [-0.39, 0.29) is 11.4 Å². The van der Waals surface area contributed by atoms with Crippen LogP contribution in [-0.2, 0) is 21.2 Å². The van der Waals surface area contributed by atoms with Crippen molar-refractivity contribution in [3.63, 3.8) is 0 Å². The summed E-state index contributed by atoms with van der Waals surface area (Å²) >= 11 is 0. The Balaban J connectivity index is 2.17. The highest BCUT2D eigenvalue weighted by Crippen LogP contribution is 2.19. The second kappa shape index (κ2) is 7.26. The van der Waals surface area contributed by atoms with Crippen LogP contribution in [0.5, 0.6) is 0 Å². The van der Waals surface area contributed by atoms with Crippen molar-refractivity contribution in [3.8, 4) is 0 Å². The number of nitrogens with zero attached hydrogens (tertiary/aromatic N) is 1. The lowest BCUT2D eigenvalue weighted by molar-refractivity contribution is -0.129. The van der Waals surface area contributed by atoms with Crippen LogP contribution < -0.4 is 0 Å². The van der Waals surface area contributed by atoms with Crippen LogP contribution in [0.1, 0.15) is 12.5 Å². The average molecular weight is 371 g/mol. The van der Waals surface area contributed by atoms with E-state index in [0.717, 1.165) is 41.3 Å². The van der Waals surface area contributed by atoms with Crippen LogP contribution in [0, 0.1) is 17.5 Å². The van der Waals surface area contributed by atoms with Crippen molar-refractivity contribution in [1.82, 2.24) is 4.90 Å². The summed E-state index contributed by atoms with van der Waals surface area (Å²) in [6.07, 6.45) is 0. The van der Waals surface area contributed by atoms with E-state index in [2.05, 4.69) is 0 Å². The molecule has 25 heavy (non-hydrogen) atoms. The number of hydrogen-bond acceptors (Lipinski definition) is 3. The molecule has 0 aliphatic rings. The van der Waals surface area contributed by atoms with E-state index in [1.165, 1.54) is 20.0 Å². The molecule has 0 bridgehead atoms. The van der Waals surface area contributed by atoms with Crippen molar-refractivity contribution >= 4 is 15.7 Å². The Morgan fingerprint density at radius 1 is 1.04 bits per heavy atom. The predicted octanol–water partition coefficient (Wildman–Crippen LogP) is 2.92. The molecular weight excluding hydrogens is 355 g/mol. The summed E-state index contributed by atoms with van der Waals surface area (Å²) in [5.41, 5.74) is 0.320. The van der Waals surface area contributed by atoms with Gasteiger partial charge in [-0.25, -0.2) is 21.6 Å². The van der Waals surface area contributed by atoms with Crippen molar-refractivity contribution in [2.24, 2.45) is 0 Å². The molecule has 4 nitrogen and oxygen atoms in total. The van der Waals surface area contributed by atoms with Crippen LogP contribution in [0.2, 0.25) is 0 Å². The highest BCUT2D eigenvalue weighted by atomic mass is 32.2. The van der Waals surface area contributed by atoms with Crippen LogP contribution in [-0.4, -0.2) is 31.5 Å². The maximum Gasteiger partial charge on any atom is 0.241 e. The number of halogens is 3. The first kappa shape index (κ1) is 19.0. The largest absolute Gasteiger partial charge is 0.340 e. The summed E-state index contributed by atoms with van der Waals surface area (Å²) in [7, 11) is -2.64. The van der Waals surface area contributed by atoms with Gasteiger partial charge in [-0.3, -0.25) is 4.79 Å². The van der Waals surface area contributed by atoms with Crippen molar-refractivity contribution in [2.75, 3.05) is 7.05 Å². The first-order valence-electron chi connectivity index (χ1n) is 7.31. The van der Waals surface area contributed by atoms with Crippen LogP contribution in [0.3, 0.4) is 0 Å². The molecule has 134 valence electrons. The average Bonchev–Trinajstić information content (AvgIpc) is 2.57. The quantitative estimate of drug-likeness (QED) is 0.760.